The zero-order valence-corrected chi connectivity index (χ0v) is 19.7. The van der Waals surface area contributed by atoms with E-state index in [4.69, 9.17) is 9.47 Å². The molecule has 4 rings (SSSR count). The molecular weight excluding hydrogens is 442 g/mol. The van der Waals surface area contributed by atoms with Crippen molar-refractivity contribution in [3.05, 3.63) is 84.4 Å². The molecule has 0 spiro atoms. The first-order valence-electron chi connectivity index (χ1n) is 12.0. The van der Waals surface area contributed by atoms with Crippen LogP contribution in [0.3, 0.4) is 0 Å². The number of ether oxygens (including phenoxy) is 2. The first kappa shape index (κ1) is 24.1. The van der Waals surface area contributed by atoms with Crippen molar-refractivity contribution in [1.82, 2.24) is 4.90 Å². The number of nitrogens with zero attached hydrogens (tertiary/aromatic N) is 1. The van der Waals surface area contributed by atoms with Crippen molar-refractivity contribution in [2.45, 2.75) is 19.3 Å². The lowest BCUT2D eigenvalue weighted by molar-refractivity contribution is -0.114. The molecule has 1 heterocycles. The molecule has 1 aliphatic rings. The summed E-state index contributed by atoms with van der Waals surface area (Å²) in [5, 5.41) is 5.99. The van der Waals surface area contributed by atoms with Crippen LogP contribution in [0, 0.1) is 0 Å². The SMILES string of the molecule is O=C(CNc1ccc(C(=O)N2CCCCC2)cc1)Nc1ccccc1OCCOc1ccccc1. The number of likely N-dealkylation sites (tertiary alicyclic amines) is 1. The van der Waals surface area contributed by atoms with Gasteiger partial charge in [0, 0.05) is 24.3 Å². The van der Waals surface area contributed by atoms with Crippen LogP contribution in [0.4, 0.5) is 11.4 Å². The molecule has 2 amide bonds. The number of carbonyl (C=O) groups is 2. The third kappa shape index (κ3) is 7.24. The number of anilines is 2. The largest absolute Gasteiger partial charge is 0.490 e. The lowest BCUT2D eigenvalue weighted by Crippen LogP contribution is -2.35. The highest BCUT2D eigenvalue weighted by atomic mass is 16.5. The van der Waals surface area contributed by atoms with Crippen LogP contribution in [0.15, 0.2) is 78.9 Å². The zero-order valence-electron chi connectivity index (χ0n) is 19.7. The Morgan fingerprint density at radius 2 is 1.46 bits per heavy atom. The lowest BCUT2D eigenvalue weighted by atomic mass is 10.1. The molecular formula is C28H31N3O4. The number of nitrogens with one attached hydrogen (secondary N) is 2. The highest BCUT2D eigenvalue weighted by Gasteiger charge is 2.18. The van der Waals surface area contributed by atoms with Gasteiger partial charge in [0.15, 0.2) is 0 Å². The predicted octanol–water partition coefficient (Wildman–Crippen LogP) is 4.82. The number of amides is 2. The Bertz CT molecular complexity index is 1100. The molecule has 35 heavy (non-hydrogen) atoms. The number of para-hydroxylation sites is 3. The van der Waals surface area contributed by atoms with Gasteiger partial charge in [-0.15, -0.1) is 0 Å². The first-order valence-corrected chi connectivity index (χ1v) is 12.0. The Morgan fingerprint density at radius 1 is 0.771 bits per heavy atom. The lowest BCUT2D eigenvalue weighted by Gasteiger charge is -2.26. The maximum atomic E-state index is 12.6. The molecule has 0 atom stereocenters. The highest BCUT2D eigenvalue weighted by molar-refractivity contribution is 5.96. The van der Waals surface area contributed by atoms with E-state index in [0.717, 1.165) is 37.4 Å². The molecule has 7 heteroatoms. The van der Waals surface area contributed by atoms with Crippen LogP contribution in [0.25, 0.3) is 0 Å². The maximum Gasteiger partial charge on any atom is 0.253 e. The number of hydrogen-bond donors (Lipinski definition) is 2. The molecule has 0 unspecified atom stereocenters. The maximum absolute atomic E-state index is 12.6. The van der Waals surface area contributed by atoms with E-state index in [-0.39, 0.29) is 18.4 Å². The summed E-state index contributed by atoms with van der Waals surface area (Å²) in [5.41, 5.74) is 2.05. The fraction of sp³-hybridized carbons (Fsp3) is 0.286. The second-order valence-electron chi connectivity index (χ2n) is 8.34. The summed E-state index contributed by atoms with van der Waals surface area (Å²) in [5.74, 6) is 1.24. The Kier molecular flexibility index (Phi) is 8.59. The van der Waals surface area contributed by atoms with Gasteiger partial charge in [0.2, 0.25) is 5.91 Å². The van der Waals surface area contributed by atoms with Gasteiger partial charge in [0.25, 0.3) is 5.91 Å². The fourth-order valence-electron chi connectivity index (χ4n) is 3.91. The summed E-state index contributed by atoms with van der Waals surface area (Å²) in [6.07, 6.45) is 3.32. The Labute approximate surface area is 206 Å². The Morgan fingerprint density at radius 3 is 2.23 bits per heavy atom. The van der Waals surface area contributed by atoms with Crippen LogP contribution >= 0.6 is 0 Å². The standard InChI is InChI=1S/C28H31N3O4/c32-27(21-29-23-15-13-22(14-16-23)28(33)31-17-7-2-8-18-31)30-25-11-5-6-12-26(25)35-20-19-34-24-9-3-1-4-10-24/h1,3-6,9-16,29H,2,7-8,17-21H2,(H,30,32). The van der Waals surface area contributed by atoms with Gasteiger partial charge in [0.05, 0.1) is 12.2 Å². The summed E-state index contributed by atoms with van der Waals surface area (Å²) in [4.78, 5) is 27.0. The van der Waals surface area contributed by atoms with Crippen LogP contribution in [0.5, 0.6) is 11.5 Å². The van der Waals surface area contributed by atoms with Gasteiger partial charge in [-0.25, -0.2) is 0 Å². The molecule has 1 fully saturated rings. The normalized spacial score (nSPS) is 13.1. The minimum absolute atomic E-state index is 0.0692. The van der Waals surface area contributed by atoms with Gasteiger partial charge < -0.3 is 25.0 Å². The second kappa shape index (κ2) is 12.5. The van der Waals surface area contributed by atoms with Crippen LogP contribution in [0.1, 0.15) is 29.6 Å². The summed E-state index contributed by atoms with van der Waals surface area (Å²) in [6, 6.07) is 24.1. The van der Waals surface area contributed by atoms with Crippen molar-refractivity contribution in [3.63, 3.8) is 0 Å². The van der Waals surface area contributed by atoms with Crippen molar-refractivity contribution in [2.75, 3.05) is 43.5 Å². The van der Waals surface area contributed by atoms with E-state index in [1.165, 1.54) is 6.42 Å². The van der Waals surface area contributed by atoms with Crippen molar-refractivity contribution in [2.24, 2.45) is 0 Å². The molecule has 0 saturated carbocycles. The molecule has 182 valence electrons. The van der Waals surface area contributed by atoms with E-state index < -0.39 is 0 Å². The smallest absolute Gasteiger partial charge is 0.253 e. The van der Waals surface area contributed by atoms with Gasteiger partial charge in [-0.1, -0.05) is 30.3 Å². The number of carbonyl (C=O) groups excluding carboxylic acids is 2. The van der Waals surface area contributed by atoms with E-state index in [1.807, 2.05) is 65.6 Å². The fourth-order valence-corrected chi connectivity index (χ4v) is 3.91. The molecule has 1 saturated heterocycles. The molecule has 0 bridgehead atoms. The van der Waals surface area contributed by atoms with Crippen molar-refractivity contribution in [1.29, 1.82) is 0 Å². The highest BCUT2D eigenvalue weighted by Crippen LogP contribution is 2.24. The van der Waals surface area contributed by atoms with Gasteiger partial charge in [0.1, 0.15) is 24.7 Å². The second-order valence-corrected chi connectivity index (χ2v) is 8.34. The number of piperidine rings is 1. The third-order valence-electron chi connectivity index (χ3n) is 5.74. The number of benzene rings is 3. The molecule has 1 aliphatic heterocycles. The van der Waals surface area contributed by atoms with Crippen LogP contribution in [-0.2, 0) is 4.79 Å². The summed E-state index contributed by atoms with van der Waals surface area (Å²) in [6.45, 7) is 2.48. The van der Waals surface area contributed by atoms with Crippen LogP contribution in [-0.4, -0.2) is 49.6 Å². The van der Waals surface area contributed by atoms with Gasteiger partial charge in [-0.3, -0.25) is 9.59 Å². The molecule has 0 aromatic heterocycles. The Balaban J connectivity index is 1.23. The van der Waals surface area contributed by atoms with E-state index in [9.17, 15) is 9.59 Å². The van der Waals surface area contributed by atoms with Crippen molar-refractivity contribution >= 4 is 23.2 Å². The summed E-state index contributed by atoms with van der Waals surface area (Å²) < 4.78 is 11.5. The average molecular weight is 474 g/mol. The van der Waals surface area contributed by atoms with Crippen molar-refractivity contribution in [3.8, 4) is 11.5 Å². The third-order valence-corrected chi connectivity index (χ3v) is 5.74. The minimum Gasteiger partial charge on any atom is -0.490 e. The van der Waals surface area contributed by atoms with Crippen LogP contribution < -0.4 is 20.1 Å². The summed E-state index contributed by atoms with van der Waals surface area (Å²) >= 11 is 0. The minimum atomic E-state index is -0.199. The summed E-state index contributed by atoms with van der Waals surface area (Å²) in [7, 11) is 0. The van der Waals surface area contributed by atoms with Gasteiger partial charge in [-0.05, 0) is 67.8 Å². The number of hydrogen-bond acceptors (Lipinski definition) is 5. The topological polar surface area (TPSA) is 79.9 Å². The van der Waals surface area contributed by atoms with E-state index in [1.54, 1.807) is 18.2 Å². The molecule has 2 N–H and O–H groups in total. The average Bonchev–Trinajstić information content (AvgIpc) is 2.92. The monoisotopic (exact) mass is 473 g/mol. The quantitative estimate of drug-likeness (QED) is 0.413. The molecule has 3 aromatic rings. The Hall–Kier alpha value is -4.00. The predicted molar refractivity (Wildman–Crippen MR) is 137 cm³/mol. The number of rotatable bonds is 10. The van der Waals surface area contributed by atoms with E-state index >= 15 is 0 Å². The molecule has 0 aliphatic carbocycles. The van der Waals surface area contributed by atoms with E-state index in [0.29, 0.717) is 30.2 Å². The van der Waals surface area contributed by atoms with Crippen molar-refractivity contribution < 1.29 is 19.1 Å². The molecule has 0 radical (unpaired) electrons. The molecule has 7 nitrogen and oxygen atoms in total. The van der Waals surface area contributed by atoms with Crippen LogP contribution in [0.2, 0.25) is 0 Å². The van der Waals surface area contributed by atoms with Gasteiger partial charge >= 0.3 is 0 Å². The first-order chi connectivity index (χ1) is 17.2. The van der Waals surface area contributed by atoms with Gasteiger partial charge in [-0.2, -0.15) is 0 Å². The van der Waals surface area contributed by atoms with E-state index in [2.05, 4.69) is 10.6 Å². The molecule has 3 aromatic carbocycles. The zero-order chi connectivity index (χ0) is 24.3.